The predicted molar refractivity (Wildman–Crippen MR) is 47.8 cm³/mol. The maximum absolute atomic E-state index is 10.6. The topological polar surface area (TPSA) is 67.5 Å². The minimum atomic E-state index is -0.458. The molecule has 0 saturated heterocycles. The van der Waals surface area contributed by atoms with Crippen molar-refractivity contribution in [2.75, 3.05) is 0 Å². The van der Waals surface area contributed by atoms with E-state index in [0.717, 1.165) is 12.8 Å². The van der Waals surface area contributed by atoms with Crippen molar-refractivity contribution < 1.29 is 4.79 Å². The van der Waals surface area contributed by atoms with Crippen LogP contribution in [0.1, 0.15) is 32.1 Å². The highest BCUT2D eigenvalue weighted by Gasteiger charge is 2.10. The van der Waals surface area contributed by atoms with Gasteiger partial charge in [0.15, 0.2) is 0 Å². The number of rotatable bonds is 1. The van der Waals surface area contributed by atoms with Crippen molar-refractivity contribution in [3.63, 3.8) is 0 Å². The first kappa shape index (κ1) is 9.19. The van der Waals surface area contributed by atoms with E-state index in [1.165, 1.54) is 19.3 Å². The number of carbonyl (C=O) groups excluding carboxylic acids is 1. The smallest absolute Gasteiger partial charge is 0.274 e. The molecule has 0 aromatic heterocycles. The lowest BCUT2D eigenvalue weighted by Gasteiger charge is -2.16. The summed E-state index contributed by atoms with van der Waals surface area (Å²) in [5, 5.41) is 0. The van der Waals surface area contributed by atoms with Crippen LogP contribution in [0.4, 0.5) is 4.79 Å². The summed E-state index contributed by atoms with van der Waals surface area (Å²) in [6.45, 7) is 0. The second kappa shape index (κ2) is 4.87. The lowest BCUT2D eigenvalue weighted by Crippen LogP contribution is -2.27. The van der Waals surface area contributed by atoms with Gasteiger partial charge in [-0.15, -0.1) is 0 Å². The number of hydrogen-bond acceptors (Lipinski definition) is 2. The SMILES string of the molecule is NNC(=O)/N=C/C1CCCCC1. The molecule has 0 aliphatic heterocycles. The van der Waals surface area contributed by atoms with Gasteiger partial charge >= 0.3 is 6.03 Å². The fraction of sp³-hybridized carbons (Fsp3) is 0.750. The quantitative estimate of drug-likeness (QED) is 0.268. The Labute approximate surface area is 72.2 Å². The number of amides is 2. The van der Waals surface area contributed by atoms with Crippen molar-refractivity contribution >= 4 is 12.2 Å². The minimum Gasteiger partial charge on any atom is -0.274 e. The minimum absolute atomic E-state index is 0.458. The van der Waals surface area contributed by atoms with Crippen molar-refractivity contribution in [3.05, 3.63) is 0 Å². The summed E-state index contributed by atoms with van der Waals surface area (Å²) >= 11 is 0. The van der Waals surface area contributed by atoms with Gasteiger partial charge < -0.3 is 0 Å². The Balaban J connectivity index is 2.28. The zero-order valence-electron chi connectivity index (χ0n) is 7.12. The number of urea groups is 1. The second-order valence-electron chi connectivity index (χ2n) is 3.13. The maximum Gasteiger partial charge on any atom is 0.354 e. The van der Waals surface area contributed by atoms with E-state index in [2.05, 4.69) is 4.99 Å². The van der Waals surface area contributed by atoms with Gasteiger partial charge in [-0.1, -0.05) is 19.3 Å². The molecule has 0 heterocycles. The van der Waals surface area contributed by atoms with Crippen LogP contribution in [0.15, 0.2) is 4.99 Å². The first-order valence-corrected chi connectivity index (χ1v) is 4.37. The summed E-state index contributed by atoms with van der Waals surface area (Å²) in [5.41, 5.74) is 1.97. The molecule has 2 amide bonds. The van der Waals surface area contributed by atoms with Crippen LogP contribution < -0.4 is 11.3 Å². The molecule has 4 nitrogen and oxygen atoms in total. The standard InChI is InChI=1S/C8H15N3O/c9-11-8(12)10-6-7-4-2-1-3-5-7/h6-7H,1-5,9H2,(H,11,12)/b10-6+. The van der Waals surface area contributed by atoms with Crippen molar-refractivity contribution in [3.8, 4) is 0 Å². The third kappa shape index (κ3) is 3.00. The summed E-state index contributed by atoms with van der Waals surface area (Å²) < 4.78 is 0. The normalized spacial score (nSPS) is 19.8. The summed E-state index contributed by atoms with van der Waals surface area (Å²) in [5.74, 6) is 5.36. The number of hydrogen-bond donors (Lipinski definition) is 2. The number of hydrazine groups is 1. The van der Waals surface area contributed by atoms with Crippen molar-refractivity contribution in [2.45, 2.75) is 32.1 Å². The van der Waals surface area contributed by atoms with E-state index in [-0.39, 0.29) is 0 Å². The van der Waals surface area contributed by atoms with Gasteiger partial charge in [-0.25, -0.2) is 15.6 Å². The van der Waals surface area contributed by atoms with Crippen molar-refractivity contribution in [2.24, 2.45) is 16.8 Å². The second-order valence-corrected chi connectivity index (χ2v) is 3.13. The largest absolute Gasteiger partial charge is 0.354 e. The Bertz CT molecular complexity index is 173. The third-order valence-electron chi connectivity index (χ3n) is 2.18. The molecule has 0 radical (unpaired) electrons. The van der Waals surface area contributed by atoms with Crippen molar-refractivity contribution in [1.82, 2.24) is 5.43 Å². The molecule has 1 aliphatic carbocycles. The van der Waals surface area contributed by atoms with Crippen LogP contribution in [0.5, 0.6) is 0 Å². The van der Waals surface area contributed by atoms with Crippen LogP contribution >= 0.6 is 0 Å². The molecule has 1 aliphatic rings. The number of aliphatic imine (C=N–C) groups is 1. The summed E-state index contributed by atoms with van der Waals surface area (Å²) in [6, 6.07) is -0.458. The fourth-order valence-corrected chi connectivity index (χ4v) is 1.49. The van der Waals surface area contributed by atoms with E-state index in [9.17, 15) is 4.79 Å². The number of carbonyl (C=O) groups is 1. The average molecular weight is 169 g/mol. The molecule has 0 bridgehead atoms. The van der Waals surface area contributed by atoms with Gasteiger partial charge in [0.1, 0.15) is 0 Å². The van der Waals surface area contributed by atoms with Gasteiger partial charge in [-0.05, 0) is 18.8 Å². The molecular formula is C8H15N3O. The molecule has 12 heavy (non-hydrogen) atoms. The van der Waals surface area contributed by atoms with Crippen molar-refractivity contribution in [1.29, 1.82) is 0 Å². The molecule has 0 aromatic rings. The highest BCUT2D eigenvalue weighted by Crippen LogP contribution is 2.21. The van der Waals surface area contributed by atoms with Crippen LogP contribution in [0.3, 0.4) is 0 Å². The van der Waals surface area contributed by atoms with Gasteiger partial charge in [0.25, 0.3) is 0 Å². The van der Waals surface area contributed by atoms with Gasteiger partial charge in [0, 0.05) is 6.21 Å². The lowest BCUT2D eigenvalue weighted by molar-refractivity contribution is 0.249. The van der Waals surface area contributed by atoms with E-state index >= 15 is 0 Å². The molecule has 3 N–H and O–H groups in total. The third-order valence-corrected chi connectivity index (χ3v) is 2.18. The van der Waals surface area contributed by atoms with E-state index < -0.39 is 6.03 Å². The van der Waals surface area contributed by atoms with Gasteiger partial charge in [0.2, 0.25) is 0 Å². The molecule has 1 fully saturated rings. The molecule has 1 rings (SSSR count). The van der Waals surface area contributed by atoms with Gasteiger partial charge in [-0.2, -0.15) is 0 Å². The molecular weight excluding hydrogens is 154 g/mol. The van der Waals surface area contributed by atoms with E-state index in [1.807, 2.05) is 5.43 Å². The Morgan fingerprint density at radius 1 is 1.42 bits per heavy atom. The molecule has 0 atom stereocenters. The highest BCUT2D eigenvalue weighted by atomic mass is 16.2. The number of nitrogens with zero attached hydrogens (tertiary/aromatic N) is 1. The molecule has 0 spiro atoms. The lowest BCUT2D eigenvalue weighted by atomic mass is 9.90. The van der Waals surface area contributed by atoms with Crippen LogP contribution in [0.2, 0.25) is 0 Å². The molecule has 4 heteroatoms. The first-order chi connectivity index (χ1) is 5.83. The van der Waals surface area contributed by atoms with E-state index in [1.54, 1.807) is 6.21 Å². The monoisotopic (exact) mass is 169 g/mol. The fourth-order valence-electron chi connectivity index (χ4n) is 1.49. The Kier molecular flexibility index (Phi) is 3.73. The van der Waals surface area contributed by atoms with E-state index in [4.69, 9.17) is 5.84 Å². The number of nitrogens with two attached hydrogens (primary N) is 1. The number of nitrogens with one attached hydrogen (secondary N) is 1. The van der Waals surface area contributed by atoms with Gasteiger partial charge in [0.05, 0.1) is 0 Å². The Morgan fingerprint density at radius 3 is 2.67 bits per heavy atom. The Hall–Kier alpha value is -0.900. The highest BCUT2D eigenvalue weighted by molar-refractivity contribution is 5.83. The zero-order valence-corrected chi connectivity index (χ0v) is 7.12. The molecule has 0 aromatic carbocycles. The first-order valence-electron chi connectivity index (χ1n) is 4.37. The Morgan fingerprint density at radius 2 is 2.08 bits per heavy atom. The summed E-state index contributed by atoms with van der Waals surface area (Å²) in [7, 11) is 0. The maximum atomic E-state index is 10.6. The van der Waals surface area contributed by atoms with Gasteiger partial charge in [-0.3, -0.25) is 5.43 Å². The molecule has 0 unspecified atom stereocenters. The van der Waals surface area contributed by atoms with E-state index in [0.29, 0.717) is 5.92 Å². The van der Waals surface area contributed by atoms with Crippen LogP contribution in [0, 0.1) is 5.92 Å². The van der Waals surface area contributed by atoms with Crippen LogP contribution in [-0.4, -0.2) is 12.2 Å². The van der Waals surface area contributed by atoms with Crippen LogP contribution in [-0.2, 0) is 0 Å². The van der Waals surface area contributed by atoms with Crippen LogP contribution in [0.25, 0.3) is 0 Å². The molecule has 1 saturated carbocycles. The average Bonchev–Trinajstić information content (AvgIpc) is 2.16. The zero-order chi connectivity index (χ0) is 8.81. The summed E-state index contributed by atoms with van der Waals surface area (Å²) in [6.07, 6.45) is 7.85. The predicted octanol–water partition coefficient (Wildman–Crippen LogP) is 1.22. The summed E-state index contributed by atoms with van der Waals surface area (Å²) in [4.78, 5) is 14.3. The molecule has 68 valence electrons.